The molecule has 0 atom stereocenters. The maximum atomic E-state index is 4.35. The van der Waals surface area contributed by atoms with Crippen LogP contribution in [-0.4, -0.2) is 24.5 Å². The predicted octanol–water partition coefficient (Wildman–Crippen LogP) is 3.24. The van der Waals surface area contributed by atoms with E-state index >= 15 is 0 Å². The van der Waals surface area contributed by atoms with Crippen molar-refractivity contribution in [1.29, 1.82) is 0 Å². The zero-order chi connectivity index (χ0) is 16.1. The van der Waals surface area contributed by atoms with E-state index in [-0.39, 0.29) is 5.41 Å². The fourth-order valence-corrected chi connectivity index (χ4v) is 3.81. The molecule has 0 spiro atoms. The van der Waals surface area contributed by atoms with Crippen molar-refractivity contribution in [3.8, 4) is 0 Å². The number of aryl methyl sites for hydroxylation is 1. The minimum atomic E-state index is 0.263. The van der Waals surface area contributed by atoms with Crippen LogP contribution in [0.25, 0.3) is 0 Å². The zero-order valence-electron chi connectivity index (χ0n) is 13.8. The number of thiazole rings is 1. The van der Waals surface area contributed by atoms with Gasteiger partial charge in [0.15, 0.2) is 5.96 Å². The molecule has 1 fully saturated rings. The van der Waals surface area contributed by atoms with Gasteiger partial charge in [0.25, 0.3) is 0 Å². The van der Waals surface area contributed by atoms with Crippen molar-refractivity contribution in [1.82, 2.24) is 15.6 Å². The summed E-state index contributed by atoms with van der Waals surface area (Å²) in [4.78, 5) is 9.90. The highest BCUT2D eigenvalue weighted by Gasteiger charge is 2.38. The van der Waals surface area contributed by atoms with E-state index in [0.29, 0.717) is 0 Å². The van der Waals surface area contributed by atoms with Crippen molar-refractivity contribution in [2.75, 3.05) is 13.6 Å². The number of nitrogens with one attached hydrogen (secondary N) is 2. The molecule has 0 unspecified atom stereocenters. The van der Waals surface area contributed by atoms with E-state index in [1.807, 2.05) is 19.5 Å². The lowest BCUT2D eigenvalue weighted by Gasteiger charge is -2.43. The van der Waals surface area contributed by atoms with Crippen LogP contribution in [0.2, 0.25) is 0 Å². The van der Waals surface area contributed by atoms with Crippen LogP contribution in [0, 0.1) is 6.92 Å². The molecule has 1 saturated carbocycles. The fraction of sp³-hybridized carbons (Fsp3) is 0.444. The van der Waals surface area contributed by atoms with Crippen molar-refractivity contribution >= 4 is 17.3 Å². The van der Waals surface area contributed by atoms with Gasteiger partial charge in [-0.1, -0.05) is 36.8 Å². The molecular weight excluding hydrogens is 304 g/mol. The number of aromatic nitrogens is 1. The zero-order valence-corrected chi connectivity index (χ0v) is 14.6. The van der Waals surface area contributed by atoms with Crippen molar-refractivity contribution in [3.05, 3.63) is 52.0 Å². The van der Waals surface area contributed by atoms with E-state index in [9.17, 15) is 0 Å². The summed E-state index contributed by atoms with van der Waals surface area (Å²) >= 11 is 1.68. The molecule has 23 heavy (non-hydrogen) atoms. The average molecular weight is 328 g/mol. The Labute approximate surface area is 142 Å². The lowest BCUT2D eigenvalue weighted by Crippen LogP contribution is -2.48. The first-order chi connectivity index (χ1) is 11.2. The smallest absolute Gasteiger partial charge is 0.191 e. The molecule has 0 amide bonds. The Balaban J connectivity index is 1.58. The van der Waals surface area contributed by atoms with Gasteiger partial charge in [0.1, 0.15) is 0 Å². The van der Waals surface area contributed by atoms with Gasteiger partial charge < -0.3 is 10.6 Å². The molecule has 0 bridgehead atoms. The van der Waals surface area contributed by atoms with Gasteiger partial charge in [-0.3, -0.25) is 4.99 Å². The van der Waals surface area contributed by atoms with E-state index in [0.717, 1.165) is 24.7 Å². The highest BCUT2D eigenvalue weighted by atomic mass is 32.1. The maximum Gasteiger partial charge on any atom is 0.191 e. The lowest BCUT2D eigenvalue weighted by molar-refractivity contribution is 0.244. The number of hydrogen-bond acceptors (Lipinski definition) is 3. The summed E-state index contributed by atoms with van der Waals surface area (Å²) in [6, 6.07) is 10.8. The molecule has 1 aliphatic carbocycles. The number of aliphatic imine (C=N–C) groups is 1. The SMILES string of the molecule is CN=C(NCc1scnc1C)NCC1(c2ccccc2)CCC1. The molecule has 4 nitrogen and oxygen atoms in total. The summed E-state index contributed by atoms with van der Waals surface area (Å²) in [6.45, 7) is 3.75. The van der Waals surface area contributed by atoms with Gasteiger partial charge in [-0.05, 0) is 25.3 Å². The lowest BCUT2D eigenvalue weighted by atomic mass is 9.64. The summed E-state index contributed by atoms with van der Waals surface area (Å²) in [6.07, 6.45) is 3.80. The Kier molecular flexibility index (Phi) is 4.96. The first-order valence-electron chi connectivity index (χ1n) is 8.12. The number of nitrogens with zero attached hydrogens (tertiary/aromatic N) is 2. The van der Waals surface area contributed by atoms with E-state index in [2.05, 4.69) is 50.9 Å². The molecule has 122 valence electrons. The molecule has 2 aromatic rings. The third-order valence-electron chi connectivity index (χ3n) is 4.78. The molecule has 1 aromatic heterocycles. The van der Waals surface area contributed by atoms with Gasteiger partial charge in [-0.25, -0.2) is 4.98 Å². The molecule has 1 heterocycles. The van der Waals surface area contributed by atoms with E-state index < -0.39 is 0 Å². The average Bonchev–Trinajstić information content (AvgIpc) is 2.95. The Bertz CT molecular complexity index is 659. The third-order valence-corrected chi connectivity index (χ3v) is 5.71. The molecule has 0 radical (unpaired) electrons. The van der Waals surface area contributed by atoms with Crippen LogP contribution >= 0.6 is 11.3 Å². The van der Waals surface area contributed by atoms with E-state index in [1.165, 1.54) is 29.7 Å². The molecule has 1 aromatic carbocycles. The standard InChI is InChI=1S/C18H24N4S/c1-14-16(23-13-22-14)11-20-17(19-2)21-12-18(9-6-10-18)15-7-4-3-5-8-15/h3-5,7-8,13H,6,9-12H2,1-2H3,(H2,19,20,21). The molecular formula is C18H24N4S. The van der Waals surface area contributed by atoms with Gasteiger partial charge in [0.2, 0.25) is 0 Å². The first kappa shape index (κ1) is 16.0. The highest BCUT2D eigenvalue weighted by molar-refractivity contribution is 7.09. The van der Waals surface area contributed by atoms with Crippen LogP contribution in [-0.2, 0) is 12.0 Å². The summed E-state index contributed by atoms with van der Waals surface area (Å²) in [5.41, 5.74) is 4.69. The van der Waals surface area contributed by atoms with Gasteiger partial charge >= 0.3 is 0 Å². The Morgan fingerprint density at radius 3 is 2.61 bits per heavy atom. The van der Waals surface area contributed by atoms with Crippen LogP contribution in [0.1, 0.15) is 35.4 Å². The molecule has 0 aliphatic heterocycles. The van der Waals surface area contributed by atoms with Gasteiger partial charge in [0, 0.05) is 23.9 Å². The normalized spacial score (nSPS) is 16.7. The van der Waals surface area contributed by atoms with E-state index in [1.54, 1.807) is 11.3 Å². The minimum Gasteiger partial charge on any atom is -0.356 e. The van der Waals surface area contributed by atoms with E-state index in [4.69, 9.17) is 0 Å². The summed E-state index contributed by atoms with van der Waals surface area (Å²) < 4.78 is 0. The summed E-state index contributed by atoms with van der Waals surface area (Å²) in [7, 11) is 1.82. The largest absolute Gasteiger partial charge is 0.356 e. The Morgan fingerprint density at radius 1 is 1.26 bits per heavy atom. The summed E-state index contributed by atoms with van der Waals surface area (Å²) in [5, 5.41) is 6.91. The van der Waals surface area contributed by atoms with Crippen LogP contribution in [0.3, 0.4) is 0 Å². The second-order valence-electron chi connectivity index (χ2n) is 6.14. The molecule has 2 N–H and O–H groups in total. The highest BCUT2D eigenvalue weighted by Crippen LogP contribution is 2.43. The van der Waals surface area contributed by atoms with Crippen molar-refractivity contribution in [2.45, 2.75) is 38.1 Å². The monoisotopic (exact) mass is 328 g/mol. The predicted molar refractivity (Wildman–Crippen MR) is 97.0 cm³/mol. The number of rotatable bonds is 5. The Morgan fingerprint density at radius 2 is 2.04 bits per heavy atom. The number of guanidine groups is 1. The maximum absolute atomic E-state index is 4.35. The minimum absolute atomic E-state index is 0.263. The van der Waals surface area contributed by atoms with Crippen molar-refractivity contribution in [2.24, 2.45) is 4.99 Å². The first-order valence-corrected chi connectivity index (χ1v) is 9.00. The second kappa shape index (κ2) is 7.13. The van der Waals surface area contributed by atoms with Crippen LogP contribution < -0.4 is 10.6 Å². The van der Waals surface area contributed by atoms with Crippen LogP contribution in [0.4, 0.5) is 0 Å². The molecule has 3 rings (SSSR count). The number of benzene rings is 1. The van der Waals surface area contributed by atoms with Crippen LogP contribution in [0.5, 0.6) is 0 Å². The molecule has 1 aliphatic rings. The van der Waals surface area contributed by atoms with Gasteiger partial charge in [-0.15, -0.1) is 11.3 Å². The fourth-order valence-electron chi connectivity index (χ4n) is 3.10. The van der Waals surface area contributed by atoms with Crippen molar-refractivity contribution < 1.29 is 0 Å². The third kappa shape index (κ3) is 3.55. The van der Waals surface area contributed by atoms with Gasteiger partial charge in [-0.2, -0.15) is 0 Å². The quantitative estimate of drug-likeness (QED) is 0.654. The summed E-state index contributed by atoms with van der Waals surface area (Å²) in [5.74, 6) is 0.861. The molecule has 0 saturated heterocycles. The second-order valence-corrected chi connectivity index (χ2v) is 7.08. The van der Waals surface area contributed by atoms with Crippen LogP contribution in [0.15, 0.2) is 40.8 Å². The Hall–Kier alpha value is -1.88. The number of hydrogen-bond donors (Lipinski definition) is 2. The molecule has 5 heteroatoms. The van der Waals surface area contributed by atoms with Gasteiger partial charge in [0.05, 0.1) is 17.7 Å². The topological polar surface area (TPSA) is 49.3 Å². The van der Waals surface area contributed by atoms with Crippen molar-refractivity contribution in [3.63, 3.8) is 0 Å².